The van der Waals surface area contributed by atoms with E-state index in [4.69, 9.17) is 0 Å². The molecule has 3 nitrogen and oxygen atoms in total. The Kier molecular flexibility index (Phi) is 3.05. The Hall–Kier alpha value is -2.03. The maximum atomic E-state index is 4.06. The van der Waals surface area contributed by atoms with Crippen molar-refractivity contribution in [3.05, 3.63) is 48.8 Å². The molecule has 0 bridgehead atoms. The Balaban J connectivity index is 2.11. The summed E-state index contributed by atoms with van der Waals surface area (Å²) in [5.74, 6) is 0. The predicted molar refractivity (Wildman–Crippen MR) is 68.3 cm³/mol. The minimum absolute atomic E-state index is 1.00. The van der Waals surface area contributed by atoms with Gasteiger partial charge in [-0.25, -0.2) is 0 Å². The summed E-state index contributed by atoms with van der Waals surface area (Å²) in [4.78, 5) is 6.13. The molecule has 0 aliphatic carbocycles. The maximum Gasteiger partial charge on any atom is 0.0570 e. The van der Waals surface area contributed by atoms with Gasteiger partial charge in [0.2, 0.25) is 0 Å². The van der Waals surface area contributed by atoms with Crippen LogP contribution >= 0.6 is 0 Å². The van der Waals surface area contributed by atoms with Crippen LogP contribution in [0.5, 0.6) is 0 Å². The molecule has 0 unspecified atom stereocenters. The molecule has 1 aromatic carbocycles. The molecule has 82 valence electrons. The molecule has 16 heavy (non-hydrogen) atoms. The van der Waals surface area contributed by atoms with Crippen molar-refractivity contribution in [2.24, 2.45) is 0 Å². The standard InChI is InChI=1S/C13H15N3/c1-16(2)13-7-5-11(6-8-13)15-12-4-3-9-14-10-12/h3-10,15H,1-2H3. The highest BCUT2D eigenvalue weighted by Gasteiger charge is 1.96. The third kappa shape index (κ3) is 2.51. The van der Waals surface area contributed by atoms with E-state index in [9.17, 15) is 0 Å². The van der Waals surface area contributed by atoms with Crippen LogP contribution in [0.25, 0.3) is 0 Å². The summed E-state index contributed by atoms with van der Waals surface area (Å²) < 4.78 is 0. The molecule has 0 saturated carbocycles. The lowest BCUT2D eigenvalue weighted by atomic mass is 10.2. The molecule has 0 atom stereocenters. The first kappa shape index (κ1) is 10.5. The number of rotatable bonds is 3. The summed E-state index contributed by atoms with van der Waals surface area (Å²) in [6.07, 6.45) is 3.57. The van der Waals surface area contributed by atoms with Gasteiger partial charge in [-0.15, -0.1) is 0 Å². The third-order valence-electron chi connectivity index (χ3n) is 2.33. The van der Waals surface area contributed by atoms with E-state index < -0.39 is 0 Å². The zero-order valence-electron chi connectivity index (χ0n) is 9.51. The fraction of sp³-hybridized carbons (Fsp3) is 0.154. The monoisotopic (exact) mass is 213 g/mol. The van der Waals surface area contributed by atoms with E-state index in [0.29, 0.717) is 0 Å². The van der Waals surface area contributed by atoms with Gasteiger partial charge in [0.1, 0.15) is 0 Å². The van der Waals surface area contributed by atoms with Gasteiger partial charge in [0.05, 0.1) is 11.9 Å². The second kappa shape index (κ2) is 4.66. The Morgan fingerprint density at radius 3 is 2.31 bits per heavy atom. The first-order chi connectivity index (χ1) is 7.75. The number of nitrogens with zero attached hydrogens (tertiary/aromatic N) is 2. The van der Waals surface area contributed by atoms with Gasteiger partial charge in [0.15, 0.2) is 0 Å². The number of benzene rings is 1. The van der Waals surface area contributed by atoms with Crippen LogP contribution in [0.2, 0.25) is 0 Å². The summed E-state index contributed by atoms with van der Waals surface area (Å²) >= 11 is 0. The van der Waals surface area contributed by atoms with E-state index in [1.165, 1.54) is 5.69 Å². The summed E-state index contributed by atoms with van der Waals surface area (Å²) in [5.41, 5.74) is 3.26. The fourth-order valence-corrected chi connectivity index (χ4v) is 1.45. The summed E-state index contributed by atoms with van der Waals surface area (Å²) in [6.45, 7) is 0. The predicted octanol–water partition coefficient (Wildman–Crippen LogP) is 2.89. The van der Waals surface area contributed by atoms with Crippen molar-refractivity contribution in [2.75, 3.05) is 24.3 Å². The summed E-state index contributed by atoms with van der Waals surface area (Å²) in [6, 6.07) is 12.2. The molecule has 0 aliphatic heterocycles. The summed E-state index contributed by atoms with van der Waals surface area (Å²) in [5, 5.41) is 3.29. The average Bonchev–Trinajstić information content (AvgIpc) is 2.31. The van der Waals surface area contributed by atoms with Crippen LogP contribution < -0.4 is 10.2 Å². The van der Waals surface area contributed by atoms with Gasteiger partial charge in [-0.3, -0.25) is 4.98 Å². The third-order valence-corrected chi connectivity index (χ3v) is 2.33. The van der Waals surface area contributed by atoms with E-state index in [1.807, 2.05) is 26.2 Å². The molecule has 0 spiro atoms. The molecule has 1 heterocycles. The fourth-order valence-electron chi connectivity index (χ4n) is 1.45. The van der Waals surface area contributed by atoms with Crippen molar-refractivity contribution >= 4 is 17.1 Å². The molecule has 0 amide bonds. The van der Waals surface area contributed by atoms with Gasteiger partial charge in [-0.2, -0.15) is 0 Å². The van der Waals surface area contributed by atoms with Gasteiger partial charge in [0.25, 0.3) is 0 Å². The number of hydrogen-bond acceptors (Lipinski definition) is 3. The van der Waals surface area contributed by atoms with Crippen LogP contribution in [0.15, 0.2) is 48.8 Å². The number of hydrogen-bond donors (Lipinski definition) is 1. The molecule has 0 aliphatic rings. The molecule has 1 N–H and O–H groups in total. The van der Waals surface area contributed by atoms with Gasteiger partial charge < -0.3 is 10.2 Å². The second-order valence-electron chi connectivity index (χ2n) is 3.81. The van der Waals surface area contributed by atoms with E-state index in [0.717, 1.165) is 11.4 Å². The molecule has 3 heteroatoms. The lowest BCUT2D eigenvalue weighted by Crippen LogP contribution is -2.08. The number of aromatic nitrogens is 1. The molecule has 2 aromatic rings. The first-order valence-electron chi connectivity index (χ1n) is 5.20. The van der Waals surface area contributed by atoms with Crippen molar-refractivity contribution in [3.8, 4) is 0 Å². The molecule has 0 radical (unpaired) electrons. The Morgan fingerprint density at radius 2 is 1.75 bits per heavy atom. The van der Waals surface area contributed by atoms with E-state index in [1.54, 1.807) is 12.4 Å². The zero-order chi connectivity index (χ0) is 11.4. The molecular formula is C13H15N3. The highest BCUT2D eigenvalue weighted by molar-refractivity contribution is 5.61. The molecule has 0 saturated heterocycles. The average molecular weight is 213 g/mol. The highest BCUT2D eigenvalue weighted by Crippen LogP contribution is 2.19. The van der Waals surface area contributed by atoms with E-state index in [2.05, 4.69) is 39.5 Å². The number of anilines is 3. The Bertz CT molecular complexity index is 434. The topological polar surface area (TPSA) is 28.2 Å². The minimum Gasteiger partial charge on any atom is -0.378 e. The van der Waals surface area contributed by atoms with Crippen LogP contribution in [0, 0.1) is 0 Å². The first-order valence-corrected chi connectivity index (χ1v) is 5.20. The quantitative estimate of drug-likeness (QED) is 0.849. The van der Waals surface area contributed by atoms with Crippen molar-refractivity contribution in [1.82, 2.24) is 4.98 Å². The molecule has 1 aromatic heterocycles. The van der Waals surface area contributed by atoms with Crippen molar-refractivity contribution in [2.45, 2.75) is 0 Å². The Labute approximate surface area is 95.7 Å². The van der Waals surface area contributed by atoms with Crippen molar-refractivity contribution in [1.29, 1.82) is 0 Å². The maximum absolute atomic E-state index is 4.06. The minimum atomic E-state index is 1.00. The molecule has 0 fully saturated rings. The van der Waals surface area contributed by atoms with Crippen LogP contribution in [-0.2, 0) is 0 Å². The SMILES string of the molecule is CN(C)c1ccc(Nc2cccnc2)cc1. The lowest BCUT2D eigenvalue weighted by Gasteiger charge is -2.13. The molecular weight excluding hydrogens is 198 g/mol. The number of pyridine rings is 1. The smallest absolute Gasteiger partial charge is 0.0570 e. The zero-order valence-corrected chi connectivity index (χ0v) is 9.51. The van der Waals surface area contributed by atoms with Gasteiger partial charge in [-0.1, -0.05) is 0 Å². The normalized spacial score (nSPS) is 9.88. The second-order valence-corrected chi connectivity index (χ2v) is 3.81. The van der Waals surface area contributed by atoms with Crippen LogP contribution in [-0.4, -0.2) is 19.1 Å². The molecule has 2 rings (SSSR count). The van der Waals surface area contributed by atoms with Crippen LogP contribution in [0.1, 0.15) is 0 Å². The van der Waals surface area contributed by atoms with E-state index in [-0.39, 0.29) is 0 Å². The summed E-state index contributed by atoms with van der Waals surface area (Å²) in [7, 11) is 4.06. The van der Waals surface area contributed by atoms with Crippen LogP contribution in [0.3, 0.4) is 0 Å². The van der Waals surface area contributed by atoms with Crippen molar-refractivity contribution < 1.29 is 0 Å². The number of nitrogens with one attached hydrogen (secondary N) is 1. The van der Waals surface area contributed by atoms with Gasteiger partial charge in [-0.05, 0) is 36.4 Å². The van der Waals surface area contributed by atoms with Gasteiger partial charge >= 0.3 is 0 Å². The Morgan fingerprint density at radius 1 is 1.00 bits per heavy atom. The van der Waals surface area contributed by atoms with Gasteiger partial charge in [0, 0.05) is 31.7 Å². The largest absolute Gasteiger partial charge is 0.378 e. The van der Waals surface area contributed by atoms with Crippen LogP contribution in [0.4, 0.5) is 17.1 Å². The van der Waals surface area contributed by atoms with E-state index >= 15 is 0 Å². The van der Waals surface area contributed by atoms with Crippen molar-refractivity contribution in [3.63, 3.8) is 0 Å². The lowest BCUT2D eigenvalue weighted by molar-refractivity contribution is 1.13. The highest BCUT2D eigenvalue weighted by atomic mass is 15.1.